The van der Waals surface area contributed by atoms with Gasteiger partial charge in [0.05, 0.1) is 5.39 Å². The molecular formula is C21H25N3S. The van der Waals surface area contributed by atoms with Gasteiger partial charge in [0.25, 0.3) is 0 Å². The van der Waals surface area contributed by atoms with Crippen molar-refractivity contribution in [1.29, 1.82) is 0 Å². The minimum absolute atomic E-state index is 0.593. The van der Waals surface area contributed by atoms with E-state index in [4.69, 9.17) is 9.97 Å². The summed E-state index contributed by atoms with van der Waals surface area (Å²) in [5, 5.41) is 1.23. The second-order valence-corrected chi connectivity index (χ2v) is 8.28. The van der Waals surface area contributed by atoms with Crippen molar-refractivity contribution >= 4 is 27.4 Å². The Kier molecular flexibility index (Phi) is 4.46. The molecule has 0 aliphatic heterocycles. The molecule has 1 aliphatic carbocycles. The van der Waals surface area contributed by atoms with Gasteiger partial charge in [-0.3, -0.25) is 0 Å². The molecule has 2 aromatic heterocycles. The molecule has 0 unspecified atom stereocenters. The Morgan fingerprint density at radius 3 is 2.44 bits per heavy atom. The molecule has 4 heteroatoms. The zero-order chi connectivity index (χ0) is 17.4. The van der Waals surface area contributed by atoms with Crippen molar-refractivity contribution in [2.45, 2.75) is 52.0 Å². The van der Waals surface area contributed by atoms with E-state index >= 15 is 0 Å². The lowest BCUT2D eigenvalue weighted by Gasteiger charge is -2.32. The van der Waals surface area contributed by atoms with Gasteiger partial charge in [-0.25, -0.2) is 9.97 Å². The molecule has 0 N–H and O–H groups in total. The van der Waals surface area contributed by atoms with Crippen LogP contribution in [0.5, 0.6) is 0 Å². The Labute approximate surface area is 153 Å². The van der Waals surface area contributed by atoms with E-state index in [0.29, 0.717) is 6.04 Å². The third kappa shape index (κ3) is 3.04. The molecule has 0 radical (unpaired) electrons. The number of aryl methyl sites for hydroxylation is 2. The van der Waals surface area contributed by atoms with Gasteiger partial charge < -0.3 is 4.90 Å². The molecule has 1 fully saturated rings. The molecule has 1 saturated carbocycles. The number of thiophene rings is 1. The summed E-state index contributed by atoms with van der Waals surface area (Å²) in [7, 11) is 2.22. The first-order valence-corrected chi connectivity index (χ1v) is 10.0. The van der Waals surface area contributed by atoms with Crippen LogP contribution in [-0.2, 0) is 0 Å². The largest absolute Gasteiger partial charge is 0.356 e. The molecule has 0 spiro atoms. The topological polar surface area (TPSA) is 29.0 Å². The molecule has 0 amide bonds. The fourth-order valence-electron chi connectivity index (χ4n) is 4.05. The maximum absolute atomic E-state index is 4.90. The van der Waals surface area contributed by atoms with Crippen molar-refractivity contribution in [2.75, 3.05) is 11.9 Å². The summed E-state index contributed by atoms with van der Waals surface area (Å²) in [6, 6.07) is 11.3. The number of hydrogen-bond donors (Lipinski definition) is 0. The van der Waals surface area contributed by atoms with E-state index in [0.717, 1.165) is 16.5 Å². The van der Waals surface area contributed by atoms with Crippen molar-refractivity contribution in [2.24, 2.45) is 0 Å². The summed E-state index contributed by atoms with van der Waals surface area (Å²) < 4.78 is 0. The fraction of sp³-hybridized carbons (Fsp3) is 0.429. The first kappa shape index (κ1) is 16.5. The van der Waals surface area contributed by atoms with E-state index in [-0.39, 0.29) is 0 Å². The van der Waals surface area contributed by atoms with Gasteiger partial charge in [0.15, 0.2) is 0 Å². The minimum Gasteiger partial charge on any atom is -0.356 e. The van der Waals surface area contributed by atoms with Crippen molar-refractivity contribution in [3.05, 3.63) is 41.0 Å². The number of rotatable bonds is 3. The van der Waals surface area contributed by atoms with Crippen molar-refractivity contribution in [3.63, 3.8) is 0 Å². The normalized spacial score (nSPS) is 15.6. The van der Waals surface area contributed by atoms with Gasteiger partial charge in [-0.1, -0.05) is 49.6 Å². The lowest BCUT2D eigenvalue weighted by Crippen LogP contribution is -2.34. The van der Waals surface area contributed by atoms with Crippen molar-refractivity contribution < 1.29 is 0 Å². The minimum atomic E-state index is 0.593. The quantitative estimate of drug-likeness (QED) is 0.602. The Balaban J connectivity index is 1.91. The average molecular weight is 352 g/mol. The molecule has 25 heavy (non-hydrogen) atoms. The van der Waals surface area contributed by atoms with Gasteiger partial charge in [-0.05, 0) is 32.3 Å². The number of aromatic nitrogens is 2. The summed E-state index contributed by atoms with van der Waals surface area (Å²) in [5.41, 5.74) is 2.57. The molecule has 130 valence electrons. The Morgan fingerprint density at radius 1 is 1.00 bits per heavy atom. The lowest BCUT2D eigenvalue weighted by molar-refractivity contribution is 0.426. The summed E-state index contributed by atoms with van der Waals surface area (Å²) in [5.74, 6) is 1.98. The van der Waals surface area contributed by atoms with Gasteiger partial charge in [-0.2, -0.15) is 0 Å². The number of anilines is 1. The molecule has 0 saturated heterocycles. The maximum Gasteiger partial charge on any atom is 0.141 e. The van der Waals surface area contributed by atoms with Crippen LogP contribution in [0.3, 0.4) is 0 Å². The van der Waals surface area contributed by atoms with Crippen molar-refractivity contribution in [1.82, 2.24) is 9.97 Å². The zero-order valence-corrected chi connectivity index (χ0v) is 16.1. The summed E-state index contributed by atoms with van der Waals surface area (Å²) in [4.78, 5) is 14.5. The maximum atomic E-state index is 4.90. The van der Waals surface area contributed by atoms with E-state index in [2.05, 4.69) is 49.2 Å². The number of hydrogen-bond acceptors (Lipinski definition) is 4. The standard InChI is InChI=1S/C21H25N3S/c1-14-18(16-10-6-4-7-11-16)19-20(22-15(2)23-21(19)25-14)24(3)17-12-8-5-9-13-17/h4,6-7,10-11,17H,5,8-9,12-13H2,1-3H3. The fourth-order valence-corrected chi connectivity index (χ4v) is 5.13. The molecule has 1 aliphatic rings. The predicted molar refractivity (Wildman–Crippen MR) is 108 cm³/mol. The lowest BCUT2D eigenvalue weighted by atomic mass is 9.94. The van der Waals surface area contributed by atoms with Gasteiger partial charge in [-0.15, -0.1) is 11.3 Å². The van der Waals surface area contributed by atoms with Gasteiger partial charge in [0.2, 0.25) is 0 Å². The van der Waals surface area contributed by atoms with E-state index in [1.165, 1.54) is 53.5 Å². The SMILES string of the molecule is Cc1nc(N(C)C2CCCCC2)c2c(-c3ccccc3)c(C)sc2n1. The molecule has 1 aromatic carbocycles. The summed E-state index contributed by atoms with van der Waals surface area (Å²) in [6.07, 6.45) is 6.57. The van der Waals surface area contributed by atoms with Gasteiger partial charge >= 0.3 is 0 Å². The zero-order valence-electron chi connectivity index (χ0n) is 15.2. The van der Waals surface area contributed by atoms with E-state index in [1.807, 2.05) is 6.92 Å². The molecule has 4 rings (SSSR count). The van der Waals surface area contributed by atoms with Crippen LogP contribution in [0.4, 0.5) is 5.82 Å². The average Bonchev–Trinajstić information content (AvgIpc) is 2.97. The Bertz CT molecular complexity index is 879. The summed E-state index contributed by atoms with van der Waals surface area (Å²) >= 11 is 1.79. The first-order chi connectivity index (χ1) is 12.1. The highest BCUT2D eigenvalue weighted by atomic mass is 32.1. The third-order valence-corrected chi connectivity index (χ3v) is 6.34. The Morgan fingerprint density at radius 2 is 1.72 bits per heavy atom. The highest BCUT2D eigenvalue weighted by molar-refractivity contribution is 7.19. The molecule has 0 bridgehead atoms. The van der Waals surface area contributed by atoms with Crippen LogP contribution in [0.15, 0.2) is 30.3 Å². The first-order valence-electron chi connectivity index (χ1n) is 9.21. The van der Waals surface area contributed by atoms with Crippen LogP contribution in [0.25, 0.3) is 21.3 Å². The molecular weight excluding hydrogens is 326 g/mol. The van der Waals surface area contributed by atoms with Crippen LogP contribution in [-0.4, -0.2) is 23.1 Å². The second-order valence-electron chi connectivity index (χ2n) is 7.08. The molecule has 3 nitrogen and oxygen atoms in total. The number of nitrogens with zero attached hydrogens (tertiary/aromatic N) is 3. The van der Waals surface area contributed by atoms with Crippen LogP contribution in [0.1, 0.15) is 42.8 Å². The van der Waals surface area contributed by atoms with E-state index in [9.17, 15) is 0 Å². The highest BCUT2D eigenvalue weighted by Gasteiger charge is 2.24. The Hall–Kier alpha value is -1.94. The molecule has 0 atom stereocenters. The number of benzene rings is 1. The van der Waals surface area contributed by atoms with E-state index in [1.54, 1.807) is 11.3 Å². The van der Waals surface area contributed by atoms with Crippen LogP contribution < -0.4 is 4.90 Å². The van der Waals surface area contributed by atoms with Crippen LogP contribution in [0.2, 0.25) is 0 Å². The molecule has 3 aromatic rings. The smallest absolute Gasteiger partial charge is 0.141 e. The highest BCUT2D eigenvalue weighted by Crippen LogP contribution is 2.42. The molecule has 2 heterocycles. The van der Waals surface area contributed by atoms with Crippen LogP contribution >= 0.6 is 11.3 Å². The monoisotopic (exact) mass is 351 g/mol. The van der Waals surface area contributed by atoms with E-state index < -0.39 is 0 Å². The van der Waals surface area contributed by atoms with Gasteiger partial charge in [0, 0.05) is 23.5 Å². The summed E-state index contributed by atoms with van der Waals surface area (Å²) in [6.45, 7) is 4.21. The second kappa shape index (κ2) is 6.75. The predicted octanol–water partition coefficient (Wildman–Crippen LogP) is 5.74. The third-order valence-electron chi connectivity index (χ3n) is 5.34. The van der Waals surface area contributed by atoms with Crippen molar-refractivity contribution in [3.8, 4) is 11.1 Å². The van der Waals surface area contributed by atoms with Gasteiger partial charge in [0.1, 0.15) is 16.5 Å². The van der Waals surface area contributed by atoms with Crippen LogP contribution in [0, 0.1) is 13.8 Å². The number of fused-ring (bicyclic) bond motifs is 1.